The molecule has 2 aromatic heterocycles. The van der Waals surface area contributed by atoms with E-state index in [0.717, 1.165) is 24.2 Å². The third-order valence-electron chi connectivity index (χ3n) is 5.03. The van der Waals surface area contributed by atoms with Crippen LogP contribution in [0.1, 0.15) is 22.7 Å². The molecule has 0 atom stereocenters. The van der Waals surface area contributed by atoms with Gasteiger partial charge in [0.1, 0.15) is 0 Å². The van der Waals surface area contributed by atoms with E-state index < -0.39 is 0 Å². The van der Waals surface area contributed by atoms with Crippen LogP contribution in [0.2, 0.25) is 0 Å². The summed E-state index contributed by atoms with van der Waals surface area (Å²) < 4.78 is 10.7. The number of aromatic nitrogens is 4. The number of rotatable bonds is 6. The Morgan fingerprint density at radius 3 is 2.59 bits per heavy atom. The number of morpholine rings is 1. The van der Waals surface area contributed by atoms with Crippen LogP contribution in [0.3, 0.4) is 0 Å². The highest BCUT2D eigenvalue weighted by Gasteiger charge is 2.17. The first-order valence-corrected chi connectivity index (χ1v) is 9.68. The molecule has 9 heteroatoms. The van der Waals surface area contributed by atoms with E-state index >= 15 is 0 Å². The highest BCUT2D eigenvalue weighted by atomic mass is 16.5. The zero-order valence-electron chi connectivity index (χ0n) is 16.4. The van der Waals surface area contributed by atoms with E-state index in [4.69, 9.17) is 15.0 Å². The van der Waals surface area contributed by atoms with Crippen molar-refractivity contribution in [2.75, 3.05) is 31.2 Å². The molecule has 1 aromatic carbocycles. The topological polar surface area (TPSA) is 123 Å². The van der Waals surface area contributed by atoms with Gasteiger partial charge in [-0.1, -0.05) is 29.4 Å². The van der Waals surface area contributed by atoms with Crippen LogP contribution in [-0.4, -0.2) is 46.4 Å². The van der Waals surface area contributed by atoms with Crippen LogP contribution < -0.4 is 16.2 Å². The summed E-state index contributed by atoms with van der Waals surface area (Å²) >= 11 is 0. The number of aromatic amines is 1. The molecule has 1 aliphatic heterocycles. The average molecular weight is 396 g/mol. The van der Waals surface area contributed by atoms with Gasteiger partial charge in [0.15, 0.2) is 0 Å². The maximum Gasteiger partial charge on any atom is 0.255 e. The molecule has 1 aliphatic rings. The SMILES string of the molecule is Cc1nc(N2CCOCC2)[nH]c(=O)c1CCc1nc(-c2ccc(CN)cc2)no1. The smallest absolute Gasteiger partial charge is 0.255 e. The summed E-state index contributed by atoms with van der Waals surface area (Å²) in [5.74, 6) is 1.61. The second kappa shape index (κ2) is 8.54. The molecule has 0 bridgehead atoms. The van der Waals surface area contributed by atoms with Gasteiger partial charge in [0.2, 0.25) is 17.7 Å². The molecule has 3 heterocycles. The fourth-order valence-corrected chi connectivity index (χ4v) is 3.31. The van der Waals surface area contributed by atoms with Gasteiger partial charge in [-0.15, -0.1) is 0 Å². The molecule has 1 saturated heterocycles. The van der Waals surface area contributed by atoms with Crippen LogP contribution in [-0.2, 0) is 24.1 Å². The molecule has 0 spiro atoms. The molecule has 3 aromatic rings. The molecule has 0 saturated carbocycles. The van der Waals surface area contributed by atoms with E-state index in [-0.39, 0.29) is 5.56 Å². The molecule has 152 valence electrons. The standard InChI is InChI=1S/C20H24N6O3/c1-13-16(19(27)24-20(22-13)26-8-10-28-11-9-26)6-7-17-23-18(25-29-17)15-4-2-14(12-21)3-5-15/h2-5H,6-12,21H2,1H3,(H,22,24,27). The Morgan fingerprint density at radius 1 is 1.14 bits per heavy atom. The Kier molecular flexibility index (Phi) is 5.68. The second-order valence-corrected chi connectivity index (χ2v) is 6.97. The average Bonchev–Trinajstić information content (AvgIpc) is 3.23. The number of aryl methyl sites for hydroxylation is 2. The van der Waals surface area contributed by atoms with Crippen LogP contribution in [0, 0.1) is 6.92 Å². The molecule has 4 rings (SSSR count). The quantitative estimate of drug-likeness (QED) is 0.637. The Balaban J connectivity index is 1.45. The molecule has 0 unspecified atom stereocenters. The van der Waals surface area contributed by atoms with E-state index in [1.807, 2.05) is 36.1 Å². The Bertz CT molecular complexity index is 1020. The molecular formula is C20H24N6O3. The van der Waals surface area contributed by atoms with Crippen molar-refractivity contribution in [1.29, 1.82) is 0 Å². The van der Waals surface area contributed by atoms with Crippen molar-refractivity contribution >= 4 is 5.95 Å². The predicted molar refractivity (Wildman–Crippen MR) is 108 cm³/mol. The summed E-state index contributed by atoms with van der Waals surface area (Å²) in [5.41, 5.74) is 8.75. The van der Waals surface area contributed by atoms with Crippen LogP contribution in [0.5, 0.6) is 0 Å². The van der Waals surface area contributed by atoms with Gasteiger partial charge in [-0.25, -0.2) is 4.98 Å². The summed E-state index contributed by atoms with van der Waals surface area (Å²) in [6, 6.07) is 7.71. The summed E-state index contributed by atoms with van der Waals surface area (Å²) in [6.45, 7) is 5.06. The number of benzene rings is 1. The lowest BCUT2D eigenvalue weighted by molar-refractivity contribution is 0.122. The first-order valence-electron chi connectivity index (χ1n) is 9.68. The van der Waals surface area contributed by atoms with E-state index in [1.165, 1.54) is 0 Å². The first kappa shape index (κ1) is 19.3. The summed E-state index contributed by atoms with van der Waals surface area (Å²) in [4.78, 5) is 26.5. The second-order valence-electron chi connectivity index (χ2n) is 6.97. The number of hydrogen-bond acceptors (Lipinski definition) is 8. The number of nitrogens with two attached hydrogens (primary N) is 1. The lowest BCUT2D eigenvalue weighted by Gasteiger charge is -2.27. The van der Waals surface area contributed by atoms with Crippen LogP contribution in [0.15, 0.2) is 33.6 Å². The molecular weight excluding hydrogens is 372 g/mol. The highest BCUT2D eigenvalue weighted by molar-refractivity contribution is 5.54. The summed E-state index contributed by atoms with van der Waals surface area (Å²) in [7, 11) is 0. The van der Waals surface area contributed by atoms with Crippen LogP contribution in [0.25, 0.3) is 11.4 Å². The zero-order chi connectivity index (χ0) is 20.2. The molecule has 29 heavy (non-hydrogen) atoms. The van der Waals surface area contributed by atoms with Gasteiger partial charge in [0.25, 0.3) is 5.56 Å². The van der Waals surface area contributed by atoms with Gasteiger partial charge < -0.3 is 19.9 Å². The van der Waals surface area contributed by atoms with Crippen molar-refractivity contribution in [1.82, 2.24) is 20.1 Å². The number of hydrogen-bond donors (Lipinski definition) is 2. The minimum Gasteiger partial charge on any atom is -0.378 e. The van der Waals surface area contributed by atoms with Crippen molar-refractivity contribution in [3.05, 3.63) is 57.3 Å². The largest absolute Gasteiger partial charge is 0.378 e. The molecule has 0 radical (unpaired) electrons. The van der Waals surface area contributed by atoms with Crippen molar-refractivity contribution in [3.63, 3.8) is 0 Å². The van der Waals surface area contributed by atoms with Crippen molar-refractivity contribution in [2.45, 2.75) is 26.3 Å². The Morgan fingerprint density at radius 2 is 1.90 bits per heavy atom. The van der Waals surface area contributed by atoms with E-state index in [1.54, 1.807) is 0 Å². The minimum atomic E-state index is -0.129. The third kappa shape index (κ3) is 4.36. The monoisotopic (exact) mass is 396 g/mol. The van der Waals surface area contributed by atoms with E-state index in [9.17, 15) is 4.79 Å². The van der Waals surface area contributed by atoms with Crippen molar-refractivity contribution in [2.24, 2.45) is 5.73 Å². The molecule has 0 aliphatic carbocycles. The minimum absolute atomic E-state index is 0.129. The molecule has 1 fully saturated rings. The van der Waals surface area contributed by atoms with Crippen molar-refractivity contribution in [3.8, 4) is 11.4 Å². The maximum atomic E-state index is 12.6. The lowest BCUT2D eigenvalue weighted by atomic mass is 10.1. The summed E-state index contributed by atoms with van der Waals surface area (Å²) in [6.07, 6.45) is 0.946. The van der Waals surface area contributed by atoms with Crippen LogP contribution in [0.4, 0.5) is 5.95 Å². The number of nitrogens with zero attached hydrogens (tertiary/aromatic N) is 4. The fraction of sp³-hybridized carbons (Fsp3) is 0.400. The van der Waals surface area contributed by atoms with Gasteiger partial charge in [-0.3, -0.25) is 9.78 Å². The third-order valence-corrected chi connectivity index (χ3v) is 5.03. The van der Waals surface area contributed by atoms with Gasteiger partial charge >= 0.3 is 0 Å². The van der Waals surface area contributed by atoms with Gasteiger partial charge in [0, 0.05) is 42.9 Å². The lowest BCUT2D eigenvalue weighted by Crippen LogP contribution is -2.38. The fourth-order valence-electron chi connectivity index (χ4n) is 3.31. The van der Waals surface area contributed by atoms with Crippen molar-refractivity contribution < 1.29 is 9.26 Å². The normalized spacial score (nSPS) is 14.3. The van der Waals surface area contributed by atoms with E-state index in [2.05, 4.69) is 20.1 Å². The van der Waals surface area contributed by atoms with Gasteiger partial charge in [0.05, 0.1) is 13.2 Å². The number of nitrogens with one attached hydrogen (secondary N) is 1. The predicted octanol–water partition coefficient (Wildman–Crippen LogP) is 1.21. The number of H-pyrrole nitrogens is 1. The Labute approximate surface area is 167 Å². The molecule has 0 amide bonds. The number of anilines is 1. The number of ether oxygens (including phenoxy) is 1. The first-order chi connectivity index (χ1) is 14.1. The highest BCUT2D eigenvalue weighted by Crippen LogP contribution is 2.17. The summed E-state index contributed by atoms with van der Waals surface area (Å²) in [5, 5.41) is 4.04. The molecule has 9 nitrogen and oxygen atoms in total. The van der Waals surface area contributed by atoms with Crippen LogP contribution >= 0.6 is 0 Å². The van der Waals surface area contributed by atoms with Gasteiger partial charge in [-0.05, 0) is 18.9 Å². The Hall–Kier alpha value is -3.04. The molecule has 3 N–H and O–H groups in total. The van der Waals surface area contributed by atoms with Gasteiger partial charge in [-0.2, -0.15) is 4.98 Å². The van der Waals surface area contributed by atoms with E-state index in [0.29, 0.717) is 61.5 Å². The zero-order valence-corrected chi connectivity index (χ0v) is 16.4. The maximum absolute atomic E-state index is 12.6.